The van der Waals surface area contributed by atoms with Crippen LogP contribution in [0.25, 0.3) is 0 Å². The monoisotopic (exact) mass is 453 g/mol. The summed E-state index contributed by atoms with van der Waals surface area (Å²) >= 11 is 0. The smallest absolute Gasteiger partial charge is 0.166 e. The summed E-state index contributed by atoms with van der Waals surface area (Å²) < 4.78 is 28.7. The van der Waals surface area contributed by atoms with Crippen molar-refractivity contribution in [2.24, 2.45) is 0 Å². The van der Waals surface area contributed by atoms with E-state index >= 15 is 0 Å². The number of nitrogens with zero attached hydrogens (tertiary/aromatic N) is 3. The van der Waals surface area contributed by atoms with Crippen molar-refractivity contribution in [2.45, 2.75) is 49.5 Å². The summed E-state index contributed by atoms with van der Waals surface area (Å²) in [6.45, 7) is 2.45. The van der Waals surface area contributed by atoms with Gasteiger partial charge < -0.3 is 9.84 Å². The first-order valence-electron chi connectivity index (χ1n) is 11.2. The molecule has 1 heterocycles. The van der Waals surface area contributed by atoms with Crippen molar-refractivity contribution in [1.82, 2.24) is 14.7 Å². The lowest BCUT2D eigenvalue weighted by Gasteiger charge is -2.51. The molecule has 1 aliphatic carbocycles. The minimum Gasteiger partial charge on any atom is -0.385 e. The van der Waals surface area contributed by atoms with Crippen molar-refractivity contribution in [1.29, 1.82) is 0 Å². The van der Waals surface area contributed by atoms with Crippen molar-refractivity contribution in [2.75, 3.05) is 59.5 Å². The number of ether oxygens (including phenoxy) is 1. The predicted molar refractivity (Wildman–Crippen MR) is 123 cm³/mol. The van der Waals surface area contributed by atoms with Gasteiger partial charge in [-0.15, -0.1) is 0 Å². The zero-order valence-electron chi connectivity index (χ0n) is 19.5. The third kappa shape index (κ3) is 5.31. The highest BCUT2D eigenvalue weighted by Gasteiger charge is 2.54. The molecule has 7 nitrogen and oxygen atoms in total. The van der Waals surface area contributed by atoms with Gasteiger partial charge in [0.1, 0.15) is 9.84 Å². The average molecular weight is 454 g/mol. The van der Waals surface area contributed by atoms with Gasteiger partial charge >= 0.3 is 0 Å². The van der Waals surface area contributed by atoms with E-state index in [0.29, 0.717) is 19.7 Å². The van der Waals surface area contributed by atoms with Gasteiger partial charge in [0.05, 0.1) is 5.75 Å². The van der Waals surface area contributed by atoms with Crippen molar-refractivity contribution in [3.8, 4) is 0 Å². The van der Waals surface area contributed by atoms with Gasteiger partial charge in [0, 0.05) is 50.7 Å². The third-order valence-corrected chi connectivity index (χ3v) is 8.31. The Balaban J connectivity index is 1.82. The second kappa shape index (κ2) is 9.85. The van der Waals surface area contributed by atoms with Gasteiger partial charge in [0.2, 0.25) is 0 Å². The standard InChI is InChI=1S/C23H39N3O4S/c1-24(2)23(20-9-6-5-7-10-20)13-11-22(12-14-23)19-25(16-18-31(4,28)29)21(27)26(22)15-8-17-30-3/h5-7,9-10,21,27H,8,11-19H2,1-4H3. The fraction of sp³-hybridized carbons (Fsp3) is 0.739. The summed E-state index contributed by atoms with van der Waals surface area (Å²) in [4.78, 5) is 6.50. The molecule has 8 heteroatoms. The summed E-state index contributed by atoms with van der Waals surface area (Å²) in [6.07, 6.45) is 5.26. The van der Waals surface area contributed by atoms with Crippen LogP contribution in [0.2, 0.25) is 0 Å². The molecule has 1 unspecified atom stereocenters. The van der Waals surface area contributed by atoms with Gasteiger partial charge in [-0.2, -0.15) is 0 Å². The van der Waals surface area contributed by atoms with Crippen LogP contribution < -0.4 is 0 Å². The molecule has 3 rings (SSSR count). The quantitative estimate of drug-likeness (QED) is 0.571. The second-order valence-corrected chi connectivity index (χ2v) is 11.8. The summed E-state index contributed by atoms with van der Waals surface area (Å²) in [5.74, 6) is 0.0672. The number of aliphatic hydroxyl groups is 1. The van der Waals surface area contributed by atoms with Gasteiger partial charge in [0.15, 0.2) is 6.35 Å². The van der Waals surface area contributed by atoms with Crippen LogP contribution in [0.4, 0.5) is 0 Å². The Hall–Kier alpha value is -1.03. The molecule has 1 aliphatic heterocycles. The second-order valence-electron chi connectivity index (χ2n) is 9.50. The lowest BCUT2D eigenvalue weighted by Crippen LogP contribution is -2.56. The average Bonchev–Trinajstić information content (AvgIpc) is 2.99. The molecular weight excluding hydrogens is 414 g/mol. The highest BCUT2D eigenvalue weighted by Crippen LogP contribution is 2.49. The number of rotatable bonds is 9. The molecule has 2 fully saturated rings. The first kappa shape index (κ1) is 24.6. The zero-order chi connectivity index (χ0) is 22.7. The van der Waals surface area contributed by atoms with Crippen LogP contribution in [0.5, 0.6) is 0 Å². The molecule has 0 amide bonds. The Morgan fingerprint density at radius 2 is 1.77 bits per heavy atom. The molecule has 1 aromatic carbocycles. The molecule has 1 atom stereocenters. The van der Waals surface area contributed by atoms with Crippen LogP contribution >= 0.6 is 0 Å². The lowest BCUT2D eigenvalue weighted by atomic mass is 9.68. The van der Waals surface area contributed by atoms with Gasteiger partial charge in [-0.05, 0) is 51.8 Å². The molecule has 176 valence electrons. The van der Waals surface area contributed by atoms with Crippen LogP contribution in [0, 0.1) is 0 Å². The Labute approximate surface area is 187 Å². The van der Waals surface area contributed by atoms with Gasteiger partial charge in [0.25, 0.3) is 0 Å². The van der Waals surface area contributed by atoms with E-state index in [-0.39, 0.29) is 16.8 Å². The fourth-order valence-corrected chi connectivity index (χ4v) is 6.08. The highest BCUT2D eigenvalue weighted by molar-refractivity contribution is 7.90. The Morgan fingerprint density at radius 1 is 1.13 bits per heavy atom. The van der Waals surface area contributed by atoms with E-state index in [4.69, 9.17) is 4.74 Å². The summed E-state index contributed by atoms with van der Waals surface area (Å²) in [6, 6.07) is 10.7. The normalized spacial score (nSPS) is 30.5. The van der Waals surface area contributed by atoms with Crippen LogP contribution in [0.3, 0.4) is 0 Å². The van der Waals surface area contributed by atoms with E-state index in [1.165, 1.54) is 11.8 Å². The largest absolute Gasteiger partial charge is 0.385 e. The molecule has 31 heavy (non-hydrogen) atoms. The van der Waals surface area contributed by atoms with E-state index in [1.54, 1.807) is 7.11 Å². The van der Waals surface area contributed by atoms with Crippen molar-refractivity contribution in [3.05, 3.63) is 35.9 Å². The molecule has 0 aromatic heterocycles. The van der Waals surface area contributed by atoms with E-state index in [2.05, 4.69) is 54.2 Å². The molecule has 0 radical (unpaired) electrons. The summed E-state index contributed by atoms with van der Waals surface area (Å²) in [5.41, 5.74) is 1.18. The SMILES string of the molecule is COCCCN1C(O)N(CCS(C)(=O)=O)CC12CCC(c1ccccc1)(N(C)C)CC2. The number of methoxy groups -OCH3 is 1. The molecule has 2 aliphatic rings. The maximum Gasteiger partial charge on any atom is 0.166 e. The lowest BCUT2D eigenvalue weighted by molar-refractivity contribution is -0.0920. The number of hydrogen-bond acceptors (Lipinski definition) is 7. The first-order valence-corrected chi connectivity index (χ1v) is 13.3. The van der Waals surface area contributed by atoms with Crippen molar-refractivity contribution in [3.63, 3.8) is 0 Å². The maximum absolute atomic E-state index is 11.7. The summed E-state index contributed by atoms with van der Waals surface area (Å²) in [7, 11) is 2.93. The van der Waals surface area contributed by atoms with Crippen molar-refractivity contribution < 1.29 is 18.3 Å². The number of hydrogen-bond donors (Lipinski definition) is 1. The molecule has 1 N–H and O–H groups in total. The number of aliphatic hydroxyl groups excluding tert-OH is 1. The predicted octanol–water partition coefficient (Wildman–Crippen LogP) is 1.73. The van der Waals surface area contributed by atoms with Crippen LogP contribution in [0.1, 0.15) is 37.7 Å². The van der Waals surface area contributed by atoms with E-state index in [9.17, 15) is 13.5 Å². The highest BCUT2D eigenvalue weighted by atomic mass is 32.2. The zero-order valence-corrected chi connectivity index (χ0v) is 20.3. The number of sulfone groups is 1. The van der Waals surface area contributed by atoms with Gasteiger partial charge in [-0.25, -0.2) is 8.42 Å². The van der Waals surface area contributed by atoms with Crippen LogP contribution in [0.15, 0.2) is 30.3 Å². The topological polar surface area (TPSA) is 73.3 Å². The molecule has 1 spiro atoms. The third-order valence-electron chi connectivity index (χ3n) is 7.38. The minimum atomic E-state index is -3.08. The van der Waals surface area contributed by atoms with Crippen molar-refractivity contribution >= 4 is 9.84 Å². The number of benzene rings is 1. The van der Waals surface area contributed by atoms with Crippen LogP contribution in [-0.2, 0) is 20.1 Å². The molecule has 0 bridgehead atoms. The molecule has 1 saturated heterocycles. The van der Waals surface area contributed by atoms with Crippen LogP contribution in [-0.4, -0.2) is 99.6 Å². The first-order chi connectivity index (χ1) is 14.6. The molecular formula is C23H39N3O4S. The summed E-state index contributed by atoms with van der Waals surface area (Å²) in [5, 5.41) is 11.1. The Morgan fingerprint density at radius 3 is 2.32 bits per heavy atom. The van der Waals surface area contributed by atoms with E-state index in [1.807, 2.05) is 4.90 Å². The maximum atomic E-state index is 11.7. The minimum absolute atomic E-state index is 0.0180. The molecule has 1 saturated carbocycles. The van der Waals surface area contributed by atoms with E-state index < -0.39 is 16.2 Å². The van der Waals surface area contributed by atoms with E-state index in [0.717, 1.165) is 38.6 Å². The van der Waals surface area contributed by atoms with Gasteiger partial charge in [-0.1, -0.05) is 30.3 Å². The fourth-order valence-electron chi connectivity index (χ4n) is 5.52. The molecule has 1 aromatic rings. The van der Waals surface area contributed by atoms with Gasteiger partial charge in [-0.3, -0.25) is 14.7 Å². The Kier molecular flexibility index (Phi) is 7.82. The Bertz CT molecular complexity index is 807.